The summed E-state index contributed by atoms with van der Waals surface area (Å²) < 4.78 is 0. The first kappa shape index (κ1) is 17.1. The largest absolute Gasteiger partial charge is 1.00 e. The Kier molecular flexibility index (Phi) is 17.8. The minimum Gasteiger partial charge on any atom is -0.539 e. The highest BCUT2D eigenvalue weighted by Gasteiger charge is 1.90. The summed E-state index contributed by atoms with van der Waals surface area (Å²) >= 11 is 0. The van der Waals surface area contributed by atoms with Crippen molar-refractivity contribution in [3.8, 4) is 0 Å². The second-order valence-electron chi connectivity index (χ2n) is 1.73. The smallest absolute Gasteiger partial charge is 0.539 e. The Labute approximate surface area is 71.8 Å². The van der Waals surface area contributed by atoms with E-state index in [4.69, 9.17) is 25.5 Å². The van der Waals surface area contributed by atoms with Gasteiger partial charge in [0.2, 0.25) is 0 Å². The molecule has 0 rings (SSSR count). The molecular weight excluding hydrogens is 166 g/mol. The van der Waals surface area contributed by atoms with Crippen molar-refractivity contribution < 1.29 is 26.7 Å². The van der Waals surface area contributed by atoms with Crippen LogP contribution in [0.3, 0.4) is 0 Å². The summed E-state index contributed by atoms with van der Waals surface area (Å²) in [5.41, 5.74) is 5.14. The van der Waals surface area contributed by atoms with E-state index in [2.05, 4.69) is 6.92 Å². The summed E-state index contributed by atoms with van der Waals surface area (Å²) in [5, 5.41) is 16.3. The van der Waals surface area contributed by atoms with Gasteiger partial charge in [-0.05, 0) is 13.0 Å². The average Bonchev–Trinajstić information content (AvgIpc) is 1.90. The molecule has 6 nitrogen and oxygen atoms in total. The van der Waals surface area contributed by atoms with Gasteiger partial charge in [-0.3, -0.25) is 0 Å². The molecule has 0 amide bonds. The van der Waals surface area contributed by atoms with E-state index in [1.807, 2.05) is 0 Å². The number of aliphatic carboxylic acids is 2. The SMILES string of the molecule is CCCCN.O.O=C([O-])C(=O)O.[H+]. The molecule has 0 aliphatic rings. The van der Waals surface area contributed by atoms with Gasteiger partial charge in [0.25, 0.3) is 0 Å². The number of carbonyl (C=O) groups excluding carboxylic acids is 1. The number of unbranched alkanes of at least 4 members (excludes halogenated alkanes) is 1. The fraction of sp³-hybridized carbons (Fsp3) is 0.667. The molecule has 12 heavy (non-hydrogen) atoms. The van der Waals surface area contributed by atoms with E-state index in [0.717, 1.165) is 6.54 Å². The Morgan fingerprint density at radius 1 is 1.58 bits per heavy atom. The van der Waals surface area contributed by atoms with E-state index in [9.17, 15) is 0 Å². The zero-order valence-electron chi connectivity index (χ0n) is 7.87. The second-order valence-corrected chi connectivity index (χ2v) is 1.73. The van der Waals surface area contributed by atoms with E-state index in [0.29, 0.717) is 0 Å². The van der Waals surface area contributed by atoms with Gasteiger partial charge in [0.15, 0.2) is 5.97 Å². The molecule has 0 aliphatic carbocycles. The highest BCUT2D eigenvalue weighted by atomic mass is 16.4. The molecule has 0 unspecified atom stereocenters. The van der Waals surface area contributed by atoms with Gasteiger partial charge >= 0.3 is 7.40 Å². The highest BCUT2D eigenvalue weighted by molar-refractivity contribution is 6.26. The minimum absolute atomic E-state index is 0. The van der Waals surface area contributed by atoms with Crippen molar-refractivity contribution in [1.82, 2.24) is 0 Å². The zero-order chi connectivity index (χ0) is 9.28. The van der Waals surface area contributed by atoms with Crippen molar-refractivity contribution in [2.75, 3.05) is 6.54 Å². The molecule has 0 atom stereocenters. The molecule has 0 heterocycles. The molecule has 0 aromatic heterocycles. The number of carboxylic acid groups (broad SMARTS) is 2. The third kappa shape index (κ3) is 23.2. The van der Waals surface area contributed by atoms with E-state index >= 15 is 0 Å². The first-order valence-electron chi connectivity index (χ1n) is 3.20. The topological polar surface area (TPSA) is 135 Å². The third-order valence-electron chi connectivity index (χ3n) is 0.732. The van der Waals surface area contributed by atoms with Crippen molar-refractivity contribution in [3.05, 3.63) is 0 Å². The standard InChI is InChI=1S/C4H11N.C2H2O4.H2O/c1-2-3-4-5;3-1(4)2(5)6;/h2-5H2,1H3;(H,3,4)(H,5,6);1H2. The molecule has 0 saturated carbocycles. The number of carbonyl (C=O) groups is 2. The first-order chi connectivity index (χ1) is 5.06. The maximum Gasteiger partial charge on any atom is 1.00 e. The zero-order valence-corrected chi connectivity index (χ0v) is 6.87. The molecule has 0 bridgehead atoms. The van der Waals surface area contributed by atoms with Gasteiger partial charge in [-0.25, -0.2) is 4.79 Å². The van der Waals surface area contributed by atoms with Crippen LogP contribution >= 0.6 is 0 Å². The van der Waals surface area contributed by atoms with Gasteiger partial charge < -0.3 is 26.2 Å². The van der Waals surface area contributed by atoms with Gasteiger partial charge in [0, 0.05) is 0 Å². The van der Waals surface area contributed by atoms with Crippen LogP contribution in [0, 0.1) is 0 Å². The van der Waals surface area contributed by atoms with Crippen LogP contribution in [0.2, 0.25) is 0 Å². The minimum atomic E-state index is -2.07. The molecule has 74 valence electrons. The third-order valence-corrected chi connectivity index (χ3v) is 0.732. The molecule has 6 heteroatoms. The average molecular weight is 181 g/mol. The Morgan fingerprint density at radius 3 is 1.92 bits per heavy atom. The van der Waals surface area contributed by atoms with Crippen LogP contribution in [0.5, 0.6) is 0 Å². The van der Waals surface area contributed by atoms with E-state index in [1.165, 1.54) is 12.8 Å². The number of carboxylic acids is 2. The monoisotopic (exact) mass is 181 g/mol. The number of hydrogen-bond acceptors (Lipinski definition) is 4. The Hall–Kier alpha value is -1.14. The molecule has 5 N–H and O–H groups in total. The lowest BCUT2D eigenvalue weighted by atomic mass is 10.3. The second kappa shape index (κ2) is 12.5. The van der Waals surface area contributed by atoms with Crippen molar-refractivity contribution in [2.24, 2.45) is 5.73 Å². The summed E-state index contributed by atoms with van der Waals surface area (Å²) in [6.07, 6.45) is 2.39. The molecule has 0 saturated heterocycles. The van der Waals surface area contributed by atoms with Gasteiger partial charge in [-0.1, -0.05) is 13.3 Å². The fourth-order valence-corrected chi connectivity index (χ4v) is 0.204. The molecule has 0 aliphatic heterocycles. The lowest BCUT2D eigenvalue weighted by Gasteiger charge is -1.85. The van der Waals surface area contributed by atoms with Crippen LogP contribution in [0.25, 0.3) is 0 Å². The maximum atomic E-state index is 9.04. The van der Waals surface area contributed by atoms with Crippen LogP contribution in [0.4, 0.5) is 0 Å². The first-order valence-corrected chi connectivity index (χ1v) is 3.20. The maximum absolute atomic E-state index is 9.04. The molecular formula is C6H15NO5. The van der Waals surface area contributed by atoms with Crippen LogP contribution < -0.4 is 10.8 Å². The van der Waals surface area contributed by atoms with Crippen LogP contribution in [-0.4, -0.2) is 29.1 Å². The number of nitrogens with two attached hydrogens (primary N) is 1. The quantitative estimate of drug-likeness (QED) is 0.468. The van der Waals surface area contributed by atoms with Crippen molar-refractivity contribution in [3.63, 3.8) is 0 Å². The van der Waals surface area contributed by atoms with E-state index < -0.39 is 11.9 Å². The summed E-state index contributed by atoms with van der Waals surface area (Å²) in [7, 11) is 0. The van der Waals surface area contributed by atoms with Crippen molar-refractivity contribution in [1.29, 1.82) is 0 Å². The molecule has 0 radical (unpaired) electrons. The Balaban J connectivity index is -0.0000000546. The summed E-state index contributed by atoms with van der Waals surface area (Å²) in [6.45, 7) is 2.98. The van der Waals surface area contributed by atoms with Gasteiger partial charge in [-0.15, -0.1) is 0 Å². The number of rotatable bonds is 2. The van der Waals surface area contributed by atoms with Gasteiger partial charge in [-0.2, -0.15) is 0 Å². The molecule has 0 fully saturated rings. The molecule has 0 aromatic rings. The predicted octanol–water partition coefficient (Wildman–Crippen LogP) is -2.15. The molecule has 0 aromatic carbocycles. The fourth-order valence-electron chi connectivity index (χ4n) is 0.204. The lowest BCUT2D eigenvalue weighted by molar-refractivity contribution is -0.303. The summed E-state index contributed by atoms with van der Waals surface area (Å²) in [5.74, 6) is -4.01. The Bertz CT molecular complexity index is 116. The van der Waals surface area contributed by atoms with Crippen LogP contribution in [0.1, 0.15) is 21.2 Å². The summed E-state index contributed by atoms with van der Waals surface area (Å²) in [6, 6.07) is 0. The Morgan fingerprint density at radius 2 is 1.92 bits per heavy atom. The molecule has 0 spiro atoms. The van der Waals surface area contributed by atoms with Crippen molar-refractivity contribution in [2.45, 2.75) is 19.8 Å². The van der Waals surface area contributed by atoms with E-state index in [1.54, 1.807) is 0 Å². The van der Waals surface area contributed by atoms with Crippen LogP contribution in [-0.2, 0) is 9.59 Å². The summed E-state index contributed by atoms with van der Waals surface area (Å²) in [4.78, 5) is 18.0. The normalized spacial score (nSPS) is 7.17. The van der Waals surface area contributed by atoms with Gasteiger partial charge in [0.1, 0.15) is 0 Å². The number of hydrogen-bond donors (Lipinski definition) is 2. The van der Waals surface area contributed by atoms with Crippen LogP contribution in [0.15, 0.2) is 0 Å². The van der Waals surface area contributed by atoms with Crippen molar-refractivity contribution >= 4 is 11.9 Å². The van der Waals surface area contributed by atoms with E-state index in [-0.39, 0.29) is 6.90 Å². The van der Waals surface area contributed by atoms with Gasteiger partial charge in [0.05, 0.1) is 0 Å². The predicted molar refractivity (Wildman–Crippen MR) is 41.3 cm³/mol. The highest BCUT2D eigenvalue weighted by Crippen LogP contribution is 1.77. The lowest BCUT2D eigenvalue weighted by Crippen LogP contribution is -2.30.